The van der Waals surface area contributed by atoms with Gasteiger partial charge in [0.15, 0.2) is 6.29 Å². The van der Waals surface area contributed by atoms with Gasteiger partial charge in [-0.3, -0.25) is 0 Å². The Kier molecular flexibility index (Phi) is 7.87. The third-order valence-electron chi connectivity index (χ3n) is 6.23. The molecule has 11 nitrogen and oxygen atoms in total. The number of aromatic hydroxyl groups is 1. The lowest BCUT2D eigenvalue weighted by Crippen LogP contribution is -2.60. The van der Waals surface area contributed by atoms with E-state index in [0.29, 0.717) is 11.1 Å². The molecule has 1 aromatic rings. The highest BCUT2D eigenvalue weighted by Gasteiger charge is 2.49. The first-order valence-electron chi connectivity index (χ1n) is 11.1. The van der Waals surface area contributed by atoms with Crippen molar-refractivity contribution < 1.29 is 54.4 Å². The second-order valence-corrected chi connectivity index (χ2v) is 8.53. The number of ether oxygens (including phenoxy) is 4. The van der Waals surface area contributed by atoms with Gasteiger partial charge in [0.25, 0.3) is 0 Å². The van der Waals surface area contributed by atoms with Crippen LogP contribution in [0.3, 0.4) is 0 Å². The van der Waals surface area contributed by atoms with Gasteiger partial charge in [-0.25, -0.2) is 4.79 Å². The van der Waals surface area contributed by atoms with Crippen molar-refractivity contribution in [2.24, 2.45) is 11.8 Å². The van der Waals surface area contributed by atoms with Crippen molar-refractivity contribution >= 4 is 12.0 Å². The number of aliphatic hydroxyl groups is 5. The van der Waals surface area contributed by atoms with E-state index in [1.165, 1.54) is 36.6 Å². The van der Waals surface area contributed by atoms with Crippen LogP contribution in [0.2, 0.25) is 0 Å². The van der Waals surface area contributed by atoms with Gasteiger partial charge in [0.1, 0.15) is 36.8 Å². The van der Waals surface area contributed by atoms with Gasteiger partial charge in [-0.1, -0.05) is 18.2 Å². The Balaban J connectivity index is 1.40. The van der Waals surface area contributed by atoms with Crippen LogP contribution >= 0.6 is 0 Å². The van der Waals surface area contributed by atoms with Crippen LogP contribution in [0, 0.1) is 11.8 Å². The second-order valence-electron chi connectivity index (χ2n) is 8.53. The van der Waals surface area contributed by atoms with Gasteiger partial charge in [-0.05, 0) is 35.4 Å². The summed E-state index contributed by atoms with van der Waals surface area (Å²) in [5, 5.41) is 59.4. The molecule has 3 aliphatic rings. The predicted octanol–water partition coefficient (Wildman–Crippen LogP) is -0.832. The molecule has 1 saturated heterocycles. The van der Waals surface area contributed by atoms with Crippen LogP contribution in [0.1, 0.15) is 5.56 Å². The largest absolute Gasteiger partial charge is 0.508 e. The van der Waals surface area contributed by atoms with E-state index in [-0.39, 0.29) is 12.4 Å². The molecule has 0 radical (unpaired) electrons. The van der Waals surface area contributed by atoms with Gasteiger partial charge < -0.3 is 49.6 Å². The molecule has 0 amide bonds. The van der Waals surface area contributed by atoms with Crippen LogP contribution in [0.5, 0.6) is 5.75 Å². The lowest BCUT2D eigenvalue weighted by Gasteiger charge is -2.42. The van der Waals surface area contributed by atoms with E-state index < -0.39 is 67.5 Å². The molecule has 35 heavy (non-hydrogen) atoms. The molecular weight excluding hydrogens is 464 g/mol. The van der Waals surface area contributed by atoms with Crippen LogP contribution in [-0.4, -0.2) is 92.9 Å². The summed E-state index contributed by atoms with van der Waals surface area (Å²) >= 11 is 0. The molecule has 4 rings (SSSR count). The number of rotatable bonds is 7. The Hall–Kier alpha value is -2.77. The van der Waals surface area contributed by atoms with Crippen LogP contribution in [0.25, 0.3) is 6.08 Å². The Labute approximate surface area is 200 Å². The smallest absolute Gasteiger partial charge is 0.331 e. The molecule has 190 valence electrons. The zero-order valence-corrected chi connectivity index (χ0v) is 18.5. The first-order chi connectivity index (χ1) is 16.8. The highest BCUT2D eigenvalue weighted by Crippen LogP contribution is 2.41. The summed E-state index contributed by atoms with van der Waals surface area (Å²) < 4.78 is 22.0. The molecule has 1 aromatic carbocycles. The monoisotopic (exact) mass is 492 g/mol. The van der Waals surface area contributed by atoms with E-state index in [9.17, 15) is 35.4 Å². The minimum absolute atomic E-state index is 0.107. The maximum atomic E-state index is 12.2. The van der Waals surface area contributed by atoms with E-state index in [2.05, 4.69) is 0 Å². The Bertz CT molecular complexity index is 970. The van der Waals surface area contributed by atoms with E-state index >= 15 is 0 Å². The molecule has 2 aliphatic heterocycles. The molecule has 0 unspecified atom stereocenters. The average Bonchev–Trinajstić information content (AvgIpc) is 3.19. The molecule has 0 spiro atoms. The van der Waals surface area contributed by atoms with Crippen molar-refractivity contribution in [3.8, 4) is 5.75 Å². The molecule has 1 aliphatic carbocycles. The van der Waals surface area contributed by atoms with Crippen LogP contribution in [0.15, 0.2) is 54.3 Å². The highest BCUT2D eigenvalue weighted by atomic mass is 16.8. The summed E-state index contributed by atoms with van der Waals surface area (Å²) in [5.74, 6) is -1.58. The third-order valence-corrected chi connectivity index (χ3v) is 6.23. The summed E-state index contributed by atoms with van der Waals surface area (Å²) in [4.78, 5) is 12.2. The highest BCUT2D eigenvalue weighted by molar-refractivity contribution is 5.87. The fraction of sp³-hybridized carbons (Fsp3) is 0.458. The molecular formula is C24H28O11. The average molecular weight is 492 g/mol. The van der Waals surface area contributed by atoms with Gasteiger partial charge in [0.05, 0.1) is 24.9 Å². The summed E-state index contributed by atoms with van der Waals surface area (Å²) in [6, 6.07) is 6.24. The molecule has 6 N–H and O–H groups in total. The van der Waals surface area contributed by atoms with Gasteiger partial charge in [-0.2, -0.15) is 0 Å². The van der Waals surface area contributed by atoms with Crippen molar-refractivity contribution in [1.82, 2.24) is 0 Å². The number of benzene rings is 1. The summed E-state index contributed by atoms with van der Waals surface area (Å²) in [5.41, 5.74) is 1.21. The van der Waals surface area contributed by atoms with E-state index in [0.717, 1.165) is 0 Å². The minimum atomic E-state index is -1.62. The number of carbonyl (C=O) groups is 1. The van der Waals surface area contributed by atoms with Crippen LogP contribution in [-0.2, 0) is 23.7 Å². The predicted molar refractivity (Wildman–Crippen MR) is 118 cm³/mol. The third kappa shape index (κ3) is 5.57. The number of phenolic OH excluding ortho intramolecular Hbond substituents is 1. The number of phenols is 1. The zero-order chi connectivity index (χ0) is 25.1. The van der Waals surface area contributed by atoms with E-state index in [1.807, 2.05) is 0 Å². The SMILES string of the molecule is O=C(/C=C/c1ccc(O)cc1)OCC1=C[C@@H](O)[C@@H]2C=CO[C@@H](O[C@@H]3O[C@H](CO)[C@@H](O)[C@H](O)[C@H]3O)[C@@H]12. The maximum Gasteiger partial charge on any atom is 0.331 e. The molecule has 1 fully saturated rings. The van der Waals surface area contributed by atoms with Gasteiger partial charge in [0, 0.05) is 12.0 Å². The Morgan fingerprint density at radius 3 is 2.49 bits per heavy atom. The number of aliphatic hydroxyl groups excluding tert-OH is 5. The standard InChI is InChI=1S/C24H28O11/c25-10-17-20(29)21(30)22(31)24(34-17)35-23-19-13(9-16(27)15(19)7-8-32-23)11-33-18(28)6-3-12-1-4-14(26)5-2-12/h1-9,15-17,19-27,29-31H,10-11H2/b6-3+/t15-,16+,17+,19-,20+,21-,22+,23-,24-/m0/s1. The quantitative estimate of drug-likeness (QED) is 0.159. The lowest BCUT2D eigenvalue weighted by atomic mass is 9.88. The van der Waals surface area contributed by atoms with Crippen LogP contribution in [0.4, 0.5) is 0 Å². The summed E-state index contributed by atoms with van der Waals surface area (Å²) in [6.07, 6.45) is -2.08. The normalized spacial score (nSPS) is 36.5. The van der Waals surface area contributed by atoms with E-state index in [1.54, 1.807) is 18.2 Å². The molecule has 0 aromatic heterocycles. The zero-order valence-electron chi connectivity index (χ0n) is 18.5. The van der Waals surface area contributed by atoms with Crippen molar-refractivity contribution in [2.75, 3.05) is 13.2 Å². The fourth-order valence-electron chi connectivity index (χ4n) is 4.31. The summed E-state index contributed by atoms with van der Waals surface area (Å²) in [6.45, 7) is -0.775. The maximum absolute atomic E-state index is 12.2. The van der Waals surface area contributed by atoms with E-state index in [4.69, 9.17) is 18.9 Å². The van der Waals surface area contributed by atoms with Crippen molar-refractivity contribution in [3.05, 3.63) is 59.9 Å². The Morgan fingerprint density at radius 1 is 1.03 bits per heavy atom. The number of carbonyl (C=O) groups excluding carboxylic acids is 1. The van der Waals surface area contributed by atoms with Crippen molar-refractivity contribution in [1.29, 1.82) is 0 Å². The number of esters is 1. The lowest BCUT2D eigenvalue weighted by molar-refractivity contribution is -0.339. The van der Waals surface area contributed by atoms with Gasteiger partial charge >= 0.3 is 5.97 Å². The number of hydrogen-bond acceptors (Lipinski definition) is 11. The first-order valence-corrected chi connectivity index (χ1v) is 11.1. The van der Waals surface area contributed by atoms with Gasteiger partial charge in [-0.15, -0.1) is 0 Å². The first kappa shape index (κ1) is 25.3. The second kappa shape index (κ2) is 10.9. The number of hydrogen-bond donors (Lipinski definition) is 6. The minimum Gasteiger partial charge on any atom is -0.508 e. The molecule has 2 heterocycles. The topological polar surface area (TPSA) is 175 Å². The summed E-state index contributed by atoms with van der Waals surface area (Å²) in [7, 11) is 0. The molecule has 0 bridgehead atoms. The Morgan fingerprint density at radius 2 is 1.77 bits per heavy atom. The van der Waals surface area contributed by atoms with Gasteiger partial charge in [0.2, 0.25) is 6.29 Å². The molecule has 9 atom stereocenters. The fourth-order valence-corrected chi connectivity index (χ4v) is 4.31. The number of fused-ring (bicyclic) bond motifs is 1. The molecule has 11 heteroatoms. The molecule has 0 saturated carbocycles. The van der Waals surface area contributed by atoms with Crippen molar-refractivity contribution in [3.63, 3.8) is 0 Å². The van der Waals surface area contributed by atoms with Crippen molar-refractivity contribution in [2.45, 2.75) is 43.1 Å². The van der Waals surface area contributed by atoms with Crippen LogP contribution < -0.4 is 0 Å².